The molecule has 1 aliphatic rings. The van der Waals surface area contributed by atoms with Crippen molar-refractivity contribution in [3.05, 3.63) is 11.8 Å². The zero-order valence-corrected chi connectivity index (χ0v) is 10.4. The van der Waals surface area contributed by atoms with Crippen LogP contribution in [0, 0.1) is 12.8 Å². The molecule has 0 amide bonds. The number of hydrogen-bond donors (Lipinski definition) is 2. The minimum atomic E-state index is 0.370. The first-order valence-electron chi connectivity index (χ1n) is 6.06. The number of nitrogens with one attached hydrogen (secondary N) is 1. The quantitative estimate of drug-likeness (QED) is 0.825. The molecule has 1 saturated carbocycles. The molecule has 0 saturated heterocycles. The number of hydrogen-bond acceptors (Lipinski definition) is 5. The highest BCUT2D eigenvalue weighted by Gasteiger charge is 2.21. The molecule has 0 bridgehead atoms. The van der Waals surface area contributed by atoms with Crippen LogP contribution in [0.15, 0.2) is 6.07 Å². The molecule has 1 aliphatic carbocycles. The Bertz CT molecular complexity index is 383. The number of nitrogens with zero attached hydrogens (tertiary/aromatic N) is 2. The van der Waals surface area contributed by atoms with E-state index >= 15 is 0 Å². The summed E-state index contributed by atoms with van der Waals surface area (Å²) in [6, 6.07) is 2.19. The molecule has 0 spiro atoms. The van der Waals surface area contributed by atoms with Crippen LogP contribution in [0.4, 0.5) is 5.95 Å². The molecule has 1 aromatic heterocycles. The predicted octanol–water partition coefficient (Wildman–Crippen LogP) is 1.33. The number of ether oxygens (including phenoxy) is 1. The van der Waals surface area contributed by atoms with Gasteiger partial charge in [-0.3, -0.25) is 0 Å². The fraction of sp³-hybridized carbons (Fsp3) is 0.667. The van der Waals surface area contributed by atoms with Crippen LogP contribution in [-0.2, 0) is 0 Å². The van der Waals surface area contributed by atoms with Crippen molar-refractivity contribution in [3.63, 3.8) is 0 Å². The number of rotatable bonds is 4. The highest BCUT2D eigenvalue weighted by atomic mass is 16.5. The molecular formula is C12H20N4O. The van der Waals surface area contributed by atoms with Gasteiger partial charge in [0.05, 0.1) is 7.11 Å². The molecule has 2 rings (SSSR count). The van der Waals surface area contributed by atoms with Crippen molar-refractivity contribution in [1.29, 1.82) is 0 Å². The van der Waals surface area contributed by atoms with Gasteiger partial charge in [0.2, 0.25) is 11.8 Å². The smallest absolute Gasteiger partial charge is 0.226 e. The zero-order chi connectivity index (χ0) is 12.3. The molecule has 2 atom stereocenters. The summed E-state index contributed by atoms with van der Waals surface area (Å²) in [5.74, 6) is 1.88. The van der Waals surface area contributed by atoms with Gasteiger partial charge in [0.1, 0.15) is 0 Å². The van der Waals surface area contributed by atoms with Gasteiger partial charge in [0.15, 0.2) is 0 Å². The molecule has 1 heterocycles. The van der Waals surface area contributed by atoms with Crippen LogP contribution in [0.25, 0.3) is 0 Å². The fourth-order valence-electron chi connectivity index (χ4n) is 2.26. The summed E-state index contributed by atoms with van der Waals surface area (Å²) in [6.07, 6.45) is 3.41. The van der Waals surface area contributed by atoms with Gasteiger partial charge in [0.25, 0.3) is 0 Å². The van der Waals surface area contributed by atoms with Crippen LogP contribution in [0.2, 0.25) is 0 Å². The molecule has 1 fully saturated rings. The minimum Gasteiger partial charge on any atom is -0.481 e. The summed E-state index contributed by atoms with van der Waals surface area (Å²) in [5, 5.41) is 3.26. The van der Waals surface area contributed by atoms with E-state index in [1.165, 1.54) is 6.42 Å². The van der Waals surface area contributed by atoms with Crippen LogP contribution >= 0.6 is 0 Å². The van der Waals surface area contributed by atoms with Gasteiger partial charge < -0.3 is 15.8 Å². The summed E-state index contributed by atoms with van der Waals surface area (Å²) in [6.45, 7) is 2.82. The Morgan fingerprint density at radius 3 is 2.94 bits per heavy atom. The van der Waals surface area contributed by atoms with Gasteiger partial charge in [-0.2, -0.15) is 4.98 Å². The molecule has 1 aromatic rings. The molecule has 0 radical (unpaired) electrons. The van der Waals surface area contributed by atoms with E-state index in [2.05, 4.69) is 15.3 Å². The Kier molecular flexibility index (Phi) is 3.78. The van der Waals surface area contributed by atoms with Crippen LogP contribution in [0.5, 0.6) is 5.88 Å². The van der Waals surface area contributed by atoms with Gasteiger partial charge in [-0.05, 0) is 32.1 Å². The number of aryl methyl sites for hydroxylation is 1. The van der Waals surface area contributed by atoms with Gasteiger partial charge >= 0.3 is 0 Å². The Morgan fingerprint density at radius 1 is 1.47 bits per heavy atom. The standard InChI is InChI=1S/C12H20N4O/c1-8-5-11(17-2)16-12(15-8)14-7-9-3-4-10(13)6-9/h5,9-10H,3-4,6-7,13H2,1-2H3,(H,14,15,16). The highest BCUT2D eigenvalue weighted by Crippen LogP contribution is 2.24. The first kappa shape index (κ1) is 12.1. The summed E-state index contributed by atoms with van der Waals surface area (Å²) < 4.78 is 5.11. The van der Waals surface area contributed by atoms with Crippen LogP contribution in [0.3, 0.4) is 0 Å². The maximum absolute atomic E-state index is 5.88. The van der Waals surface area contributed by atoms with Crippen molar-refractivity contribution < 1.29 is 4.74 Å². The average molecular weight is 236 g/mol. The van der Waals surface area contributed by atoms with E-state index < -0.39 is 0 Å². The monoisotopic (exact) mass is 236 g/mol. The van der Waals surface area contributed by atoms with Gasteiger partial charge in [0, 0.05) is 24.3 Å². The molecule has 5 heteroatoms. The molecule has 0 aromatic carbocycles. The Labute approximate surface area is 102 Å². The molecular weight excluding hydrogens is 216 g/mol. The fourth-order valence-corrected chi connectivity index (χ4v) is 2.26. The van der Waals surface area contributed by atoms with E-state index in [-0.39, 0.29) is 0 Å². The number of aromatic nitrogens is 2. The highest BCUT2D eigenvalue weighted by molar-refractivity contribution is 5.30. The van der Waals surface area contributed by atoms with E-state index in [4.69, 9.17) is 10.5 Å². The average Bonchev–Trinajstić information content (AvgIpc) is 2.72. The predicted molar refractivity (Wildman–Crippen MR) is 67.1 cm³/mol. The molecule has 5 nitrogen and oxygen atoms in total. The first-order chi connectivity index (χ1) is 8.17. The second-order valence-electron chi connectivity index (χ2n) is 4.70. The van der Waals surface area contributed by atoms with Crippen molar-refractivity contribution in [2.45, 2.75) is 32.2 Å². The van der Waals surface area contributed by atoms with E-state index in [0.717, 1.165) is 25.1 Å². The van der Waals surface area contributed by atoms with E-state index in [1.54, 1.807) is 7.11 Å². The third-order valence-electron chi connectivity index (χ3n) is 3.17. The van der Waals surface area contributed by atoms with E-state index in [0.29, 0.717) is 23.8 Å². The largest absolute Gasteiger partial charge is 0.481 e. The lowest BCUT2D eigenvalue weighted by Gasteiger charge is -2.11. The molecule has 3 N–H and O–H groups in total. The lowest BCUT2D eigenvalue weighted by Crippen LogP contribution is -2.18. The van der Waals surface area contributed by atoms with Gasteiger partial charge in [-0.25, -0.2) is 4.98 Å². The van der Waals surface area contributed by atoms with Crippen molar-refractivity contribution in [3.8, 4) is 5.88 Å². The first-order valence-corrected chi connectivity index (χ1v) is 6.06. The third kappa shape index (κ3) is 3.30. The normalized spacial score (nSPS) is 23.7. The van der Waals surface area contributed by atoms with Crippen molar-refractivity contribution in [2.24, 2.45) is 11.7 Å². The lowest BCUT2D eigenvalue weighted by molar-refractivity contribution is 0.397. The molecule has 94 valence electrons. The molecule has 2 unspecified atom stereocenters. The van der Waals surface area contributed by atoms with Gasteiger partial charge in [-0.15, -0.1) is 0 Å². The van der Waals surface area contributed by atoms with Crippen molar-refractivity contribution in [1.82, 2.24) is 9.97 Å². The van der Waals surface area contributed by atoms with Crippen molar-refractivity contribution >= 4 is 5.95 Å². The summed E-state index contributed by atoms with van der Waals surface area (Å²) in [5.41, 5.74) is 6.79. The van der Waals surface area contributed by atoms with E-state index in [1.807, 2.05) is 13.0 Å². The minimum absolute atomic E-state index is 0.370. The number of methoxy groups -OCH3 is 1. The molecule has 0 aliphatic heterocycles. The maximum Gasteiger partial charge on any atom is 0.226 e. The number of nitrogens with two attached hydrogens (primary N) is 1. The third-order valence-corrected chi connectivity index (χ3v) is 3.17. The van der Waals surface area contributed by atoms with Crippen molar-refractivity contribution in [2.75, 3.05) is 19.0 Å². The van der Waals surface area contributed by atoms with Crippen LogP contribution in [-0.4, -0.2) is 29.7 Å². The zero-order valence-electron chi connectivity index (χ0n) is 10.4. The van der Waals surface area contributed by atoms with E-state index in [9.17, 15) is 0 Å². The van der Waals surface area contributed by atoms with Crippen LogP contribution < -0.4 is 15.8 Å². The second-order valence-corrected chi connectivity index (χ2v) is 4.70. The Morgan fingerprint density at radius 2 is 2.29 bits per heavy atom. The van der Waals surface area contributed by atoms with Gasteiger partial charge in [-0.1, -0.05) is 0 Å². The molecule has 17 heavy (non-hydrogen) atoms. The van der Waals surface area contributed by atoms with Crippen LogP contribution in [0.1, 0.15) is 25.0 Å². The topological polar surface area (TPSA) is 73.1 Å². The summed E-state index contributed by atoms with van der Waals surface area (Å²) >= 11 is 0. The Balaban J connectivity index is 1.92. The number of anilines is 1. The Hall–Kier alpha value is -1.36. The lowest BCUT2D eigenvalue weighted by atomic mass is 10.1. The maximum atomic E-state index is 5.88. The second kappa shape index (κ2) is 5.31. The summed E-state index contributed by atoms with van der Waals surface area (Å²) in [7, 11) is 1.61. The SMILES string of the molecule is COc1cc(C)nc(NCC2CCC(N)C2)n1. The summed E-state index contributed by atoms with van der Waals surface area (Å²) in [4.78, 5) is 8.58.